The Morgan fingerprint density at radius 2 is 2.05 bits per heavy atom. The van der Waals surface area contributed by atoms with Crippen molar-refractivity contribution in [2.45, 2.75) is 13.5 Å². The highest BCUT2D eigenvalue weighted by atomic mass is 16.4. The highest BCUT2D eigenvalue weighted by Crippen LogP contribution is 2.10. The number of carboxylic acid groups (broad SMARTS) is 1. The molecule has 6 heteroatoms. The average molecular weight is 274 g/mol. The van der Waals surface area contributed by atoms with Gasteiger partial charge in [-0.05, 0) is 36.8 Å². The van der Waals surface area contributed by atoms with Crippen LogP contribution in [0.5, 0.6) is 0 Å². The number of urea groups is 1. The Bertz CT molecular complexity index is 634. The highest BCUT2D eigenvalue weighted by molar-refractivity contribution is 5.89. The first kappa shape index (κ1) is 13.7. The molecule has 6 nitrogen and oxygen atoms in total. The zero-order valence-electron chi connectivity index (χ0n) is 10.8. The van der Waals surface area contributed by atoms with Gasteiger partial charge in [-0.3, -0.25) is 0 Å². The molecule has 104 valence electrons. The first-order chi connectivity index (χ1) is 9.54. The Hall–Kier alpha value is -2.76. The average Bonchev–Trinajstić information content (AvgIpc) is 2.85. The number of amides is 2. The van der Waals surface area contributed by atoms with Gasteiger partial charge in [0.1, 0.15) is 5.76 Å². The van der Waals surface area contributed by atoms with E-state index in [0.717, 1.165) is 5.56 Å². The minimum Gasteiger partial charge on any atom is -0.475 e. The van der Waals surface area contributed by atoms with Crippen LogP contribution in [0.2, 0.25) is 0 Å². The van der Waals surface area contributed by atoms with Crippen molar-refractivity contribution < 1.29 is 19.1 Å². The summed E-state index contributed by atoms with van der Waals surface area (Å²) in [5, 5.41) is 14.0. The molecule has 0 bridgehead atoms. The van der Waals surface area contributed by atoms with Crippen molar-refractivity contribution >= 4 is 17.7 Å². The molecule has 0 spiro atoms. The minimum absolute atomic E-state index is 0.116. The van der Waals surface area contributed by atoms with E-state index in [1.807, 2.05) is 25.1 Å². The maximum absolute atomic E-state index is 11.7. The fraction of sp³-hybridized carbons (Fsp3) is 0.143. The summed E-state index contributed by atoms with van der Waals surface area (Å²) in [6.07, 6.45) is 0. The molecule has 20 heavy (non-hydrogen) atoms. The van der Waals surface area contributed by atoms with Crippen LogP contribution in [0.1, 0.15) is 21.9 Å². The van der Waals surface area contributed by atoms with E-state index >= 15 is 0 Å². The monoisotopic (exact) mass is 274 g/mol. The summed E-state index contributed by atoms with van der Waals surface area (Å²) in [4.78, 5) is 22.3. The Kier molecular flexibility index (Phi) is 4.05. The molecular weight excluding hydrogens is 260 g/mol. The number of carbonyl (C=O) groups excluding carboxylic acids is 1. The minimum atomic E-state index is -1.14. The number of rotatable bonds is 4. The Morgan fingerprint density at radius 1 is 1.25 bits per heavy atom. The molecule has 0 saturated carbocycles. The number of aromatic carboxylic acids is 1. The molecule has 0 unspecified atom stereocenters. The lowest BCUT2D eigenvalue weighted by Crippen LogP contribution is -2.28. The summed E-state index contributed by atoms with van der Waals surface area (Å²) in [5.74, 6) is -0.914. The zero-order chi connectivity index (χ0) is 14.5. The Morgan fingerprint density at radius 3 is 2.70 bits per heavy atom. The number of furan rings is 1. The van der Waals surface area contributed by atoms with Crippen molar-refractivity contribution in [1.29, 1.82) is 0 Å². The second kappa shape index (κ2) is 5.92. The van der Waals surface area contributed by atoms with Gasteiger partial charge in [-0.2, -0.15) is 0 Å². The number of carbonyl (C=O) groups is 2. The van der Waals surface area contributed by atoms with Gasteiger partial charge in [0.05, 0.1) is 6.54 Å². The van der Waals surface area contributed by atoms with E-state index in [1.165, 1.54) is 12.1 Å². The number of benzene rings is 1. The maximum Gasteiger partial charge on any atom is 0.371 e. The molecule has 2 aromatic rings. The van der Waals surface area contributed by atoms with Crippen molar-refractivity contribution in [3.05, 3.63) is 53.5 Å². The SMILES string of the molecule is Cc1cccc(NC(=O)NCc2ccc(C(=O)O)o2)c1. The molecule has 1 heterocycles. The van der Waals surface area contributed by atoms with Crippen LogP contribution in [-0.2, 0) is 6.54 Å². The van der Waals surface area contributed by atoms with E-state index in [0.29, 0.717) is 11.4 Å². The molecule has 0 atom stereocenters. The third kappa shape index (κ3) is 3.61. The predicted molar refractivity (Wildman–Crippen MR) is 72.7 cm³/mol. The summed E-state index contributed by atoms with van der Waals surface area (Å²) in [5.41, 5.74) is 1.73. The van der Waals surface area contributed by atoms with Crippen LogP contribution in [0.15, 0.2) is 40.8 Å². The zero-order valence-corrected chi connectivity index (χ0v) is 10.8. The van der Waals surface area contributed by atoms with Crippen LogP contribution < -0.4 is 10.6 Å². The van der Waals surface area contributed by atoms with Gasteiger partial charge in [0.2, 0.25) is 5.76 Å². The smallest absolute Gasteiger partial charge is 0.371 e. The summed E-state index contributed by atoms with van der Waals surface area (Å²) >= 11 is 0. The van der Waals surface area contributed by atoms with Crippen molar-refractivity contribution in [1.82, 2.24) is 5.32 Å². The van der Waals surface area contributed by atoms with Crippen molar-refractivity contribution in [3.63, 3.8) is 0 Å². The number of anilines is 1. The van der Waals surface area contributed by atoms with Gasteiger partial charge in [-0.1, -0.05) is 12.1 Å². The largest absolute Gasteiger partial charge is 0.475 e. The fourth-order valence-corrected chi connectivity index (χ4v) is 1.65. The van der Waals surface area contributed by atoms with Gasteiger partial charge in [-0.25, -0.2) is 9.59 Å². The molecular formula is C14H14N2O4. The normalized spacial score (nSPS) is 10.1. The summed E-state index contributed by atoms with van der Waals surface area (Å²) in [6, 6.07) is 9.87. The molecule has 1 aromatic carbocycles. The van der Waals surface area contributed by atoms with Crippen molar-refractivity contribution in [2.75, 3.05) is 5.32 Å². The van der Waals surface area contributed by atoms with Crippen LogP contribution >= 0.6 is 0 Å². The van der Waals surface area contributed by atoms with E-state index in [9.17, 15) is 9.59 Å². The highest BCUT2D eigenvalue weighted by Gasteiger charge is 2.09. The number of carboxylic acids is 1. The molecule has 0 saturated heterocycles. The molecule has 3 N–H and O–H groups in total. The molecule has 2 amide bonds. The first-order valence-corrected chi connectivity index (χ1v) is 5.98. The van der Waals surface area contributed by atoms with Crippen molar-refractivity contribution in [2.24, 2.45) is 0 Å². The lowest BCUT2D eigenvalue weighted by atomic mass is 10.2. The van der Waals surface area contributed by atoms with Crippen LogP contribution in [-0.4, -0.2) is 17.1 Å². The van der Waals surface area contributed by atoms with E-state index in [-0.39, 0.29) is 18.3 Å². The van der Waals surface area contributed by atoms with Gasteiger partial charge >= 0.3 is 12.0 Å². The molecule has 0 fully saturated rings. The maximum atomic E-state index is 11.7. The fourth-order valence-electron chi connectivity index (χ4n) is 1.65. The van der Waals surface area contributed by atoms with E-state index < -0.39 is 5.97 Å². The van der Waals surface area contributed by atoms with Gasteiger partial charge < -0.3 is 20.2 Å². The molecule has 2 rings (SSSR count). The third-order valence-electron chi connectivity index (χ3n) is 2.57. The lowest BCUT2D eigenvalue weighted by molar-refractivity contribution is 0.0660. The van der Waals surface area contributed by atoms with Crippen LogP contribution in [0.25, 0.3) is 0 Å². The van der Waals surface area contributed by atoms with Crippen LogP contribution in [0.3, 0.4) is 0 Å². The molecule has 0 aliphatic carbocycles. The van der Waals surface area contributed by atoms with Gasteiger partial charge in [-0.15, -0.1) is 0 Å². The Labute approximate surface area is 115 Å². The second-order valence-electron chi connectivity index (χ2n) is 4.25. The number of nitrogens with one attached hydrogen (secondary N) is 2. The van der Waals surface area contributed by atoms with E-state index in [2.05, 4.69) is 10.6 Å². The predicted octanol–water partition coefficient (Wildman–Crippen LogP) is 2.61. The molecule has 1 aromatic heterocycles. The van der Waals surface area contributed by atoms with Gasteiger partial charge in [0, 0.05) is 5.69 Å². The summed E-state index contributed by atoms with van der Waals surface area (Å²) in [7, 11) is 0. The summed E-state index contributed by atoms with van der Waals surface area (Å²) < 4.78 is 5.02. The number of hydrogen-bond acceptors (Lipinski definition) is 3. The van der Waals surface area contributed by atoms with Crippen LogP contribution in [0, 0.1) is 6.92 Å². The van der Waals surface area contributed by atoms with Gasteiger partial charge in [0.25, 0.3) is 0 Å². The Balaban J connectivity index is 1.87. The first-order valence-electron chi connectivity index (χ1n) is 5.98. The van der Waals surface area contributed by atoms with Crippen LogP contribution in [0.4, 0.5) is 10.5 Å². The molecule has 0 radical (unpaired) electrons. The molecule has 0 aliphatic rings. The number of aryl methyl sites for hydroxylation is 1. The van der Waals surface area contributed by atoms with Gasteiger partial charge in [0.15, 0.2) is 0 Å². The lowest BCUT2D eigenvalue weighted by Gasteiger charge is -2.06. The van der Waals surface area contributed by atoms with Crippen molar-refractivity contribution in [3.8, 4) is 0 Å². The summed E-state index contributed by atoms with van der Waals surface area (Å²) in [6.45, 7) is 2.05. The van der Waals surface area contributed by atoms with E-state index in [1.54, 1.807) is 6.07 Å². The van der Waals surface area contributed by atoms with E-state index in [4.69, 9.17) is 9.52 Å². The number of hydrogen-bond donors (Lipinski definition) is 3. The molecule has 0 aliphatic heterocycles. The standard InChI is InChI=1S/C14H14N2O4/c1-9-3-2-4-10(7-9)16-14(19)15-8-11-5-6-12(20-11)13(17)18/h2-7H,8H2,1H3,(H,17,18)(H2,15,16,19). The topological polar surface area (TPSA) is 91.6 Å². The third-order valence-corrected chi connectivity index (χ3v) is 2.57. The quantitative estimate of drug-likeness (QED) is 0.799. The second-order valence-corrected chi connectivity index (χ2v) is 4.25.